The van der Waals surface area contributed by atoms with Crippen LogP contribution in [0.5, 0.6) is 0 Å². The molecule has 0 saturated carbocycles. The number of halogens is 3. The van der Waals surface area contributed by atoms with Gasteiger partial charge in [0.2, 0.25) is 0 Å². The van der Waals surface area contributed by atoms with Crippen molar-refractivity contribution >= 4 is 67.4 Å². The van der Waals surface area contributed by atoms with E-state index in [1.807, 2.05) is 6.07 Å². The van der Waals surface area contributed by atoms with Gasteiger partial charge in [-0.1, -0.05) is 11.6 Å². The molecule has 0 heterocycles. The summed E-state index contributed by atoms with van der Waals surface area (Å²) >= 11 is 11.5. The van der Waals surface area contributed by atoms with Crippen molar-refractivity contribution in [3.63, 3.8) is 0 Å². The van der Waals surface area contributed by atoms with Gasteiger partial charge in [0.15, 0.2) is 0 Å². The van der Waals surface area contributed by atoms with E-state index in [-0.39, 0.29) is 5.91 Å². The summed E-state index contributed by atoms with van der Waals surface area (Å²) in [5, 5.41) is 3.27. The molecule has 0 unspecified atom stereocenters. The second-order valence-corrected chi connectivity index (χ2v) is 6.32. The van der Waals surface area contributed by atoms with Crippen molar-refractivity contribution in [3.05, 3.63) is 55.0 Å². The van der Waals surface area contributed by atoms with Crippen molar-refractivity contribution < 1.29 is 4.79 Å². The van der Waals surface area contributed by atoms with Gasteiger partial charge in [0.05, 0.1) is 10.7 Å². The Kier molecular flexibility index (Phi) is 4.70. The van der Waals surface area contributed by atoms with E-state index >= 15 is 0 Å². The highest BCUT2D eigenvalue weighted by molar-refractivity contribution is 14.1. The summed E-state index contributed by atoms with van der Waals surface area (Å²) in [7, 11) is 0. The number of nitrogen functional groups attached to an aromatic ring is 1. The molecule has 6 heteroatoms. The highest BCUT2D eigenvalue weighted by Gasteiger charge is 2.10. The van der Waals surface area contributed by atoms with Gasteiger partial charge in [0.25, 0.3) is 5.91 Å². The molecule has 0 spiro atoms. The third-order valence-corrected chi connectivity index (χ3v) is 4.11. The molecular weight excluding hydrogens is 442 g/mol. The molecule has 19 heavy (non-hydrogen) atoms. The molecule has 0 aliphatic heterocycles. The molecule has 2 rings (SSSR count). The van der Waals surface area contributed by atoms with Crippen molar-refractivity contribution in [1.29, 1.82) is 0 Å². The summed E-state index contributed by atoms with van der Waals surface area (Å²) in [6, 6.07) is 10.4. The van der Waals surface area contributed by atoms with Crippen LogP contribution in [0.2, 0.25) is 5.02 Å². The Morgan fingerprint density at radius 2 is 2.00 bits per heavy atom. The molecule has 2 aromatic carbocycles. The highest BCUT2D eigenvalue weighted by Crippen LogP contribution is 2.25. The van der Waals surface area contributed by atoms with E-state index in [0.29, 0.717) is 26.4 Å². The SMILES string of the molecule is Nc1ccc(C(=O)Nc2ccc(I)cc2Cl)cc1Br. The molecule has 0 bridgehead atoms. The molecule has 2 aromatic rings. The van der Waals surface area contributed by atoms with Crippen LogP contribution < -0.4 is 11.1 Å². The minimum absolute atomic E-state index is 0.233. The number of nitrogens with one attached hydrogen (secondary N) is 1. The van der Waals surface area contributed by atoms with Crippen LogP contribution in [-0.4, -0.2) is 5.91 Å². The molecule has 0 radical (unpaired) electrons. The lowest BCUT2D eigenvalue weighted by Crippen LogP contribution is -2.12. The van der Waals surface area contributed by atoms with E-state index in [9.17, 15) is 4.79 Å². The Hall–Kier alpha value is -0.790. The average molecular weight is 451 g/mol. The first-order valence-corrected chi connectivity index (χ1v) is 7.54. The standard InChI is InChI=1S/C13H9BrClIN2O/c14-9-5-7(1-3-11(9)17)13(19)18-12-4-2-8(16)6-10(12)15/h1-6H,17H2,(H,18,19). The molecule has 98 valence electrons. The monoisotopic (exact) mass is 450 g/mol. The van der Waals surface area contributed by atoms with Gasteiger partial charge in [-0.2, -0.15) is 0 Å². The summed E-state index contributed by atoms with van der Waals surface area (Å²) < 4.78 is 1.70. The molecule has 3 nitrogen and oxygen atoms in total. The van der Waals surface area contributed by atoms with E-state index < -0.39 is 0 Å². The van der Waals surface area contributed by atoms with Crippen molar-refractivity contribution in [3.8, 4) is 0 Å². The van der Waals surface area contributed by atoms with Crippen LogP contribution in [-0.2, 0) is 0 Å². The summed E-state index contributed by atoms with van der Waals surface area (Å²) in [6.45, 7) is 0. The molecular formula is C13H9BrClIN2O. The van der Waals surface area contributed by atoms with Crippen molar-refractivity contribution in [2.45, 2.75) is 0 Å². The van der Waals surface area contributed by atoms with Gasteiger partial charge in [-0.25, -0.2) is 0 Å². The Balaban J connectivity index is 2.23. The first kappa shape index (κ1) is 14.6. The zero-order chi connectivity index (χ0) is 14.0. The lowest BCUT2D eigenvalue weighted by molar-refractivity contribution is 0.102. The van der Waals surface area contributed by atoms with Crippen LogP contribution in [0.3, 0.4) is 0 Å². The number of hydrogen-bond acceptors (Lipinski definition) is 2. The molecule has 0 fully saturated rings. The fourth-order valence-electron chi connectivity index (χ4n) is 1.45. The van der Waals surface area contributed by atoms with E-state index in [1.165, 1.54) is 0 Å². The normalized spacial score (nSPS) is 10.3. The van der Waals surface area contributed by atoms with Crippen LogP contribution in [0.15, 0.2) is 40.9 Å². The lowest BCUT2D eigenvalue weighted by atomic mass is 10.2. The molecule has 1 amide bonds. The van der Waals surface area contributed by atoms with Crippen LogP contribution in [0.4, 0.5) is 11.4 Å². The van der Waals surface area contributed by atoms with Crippen molar-refractivity contribution in [2.24, 2.45) is 0 Å². The number of carbonyl (C=O) groups is 1. The van der Waals surface area contributed by atoms with E-state index in [2.05, 4.69) is 43.8 Å². The summed E-state index contributed by atoms with van der Waals surface area (Å²) in [5.41, 5.74) is 7.36. The first-order chi connectivity index (χ1) is 8.97. The second-order valence-electron chi connectivity index (χ2n) is 3.81. The zero-order valence-electron chi connectivity index (χ0n) is 9.58. The number of rotatable bonds is 2. The number of nitrogens with two attached hydrogens (primary N) is 1. The quantitative estimate of drug-likeness (QED) is 0.520. The van der Waals surface area contributed by atoms with Crippen molar-refractivity contribution in [1.82, 2.24) is 0 Å². The van der Waals surface area contributed by atoms with Gasteiger partial charge in [-0.3, -0.25) is 4.79 Å². The topological polar surface area (TPSA) is 55.1 Å². The predicted octanol–water partition coefficient (Wildman–Crippen LogP) is 4.54. The number of benzene rings is 2. The number of amides is 1. The fraction of sp³-hybridized carbons (Fsp3) is 0. The van der Waals surface area contributed by atoms with Gasteiger partial charge in [-0.15, -0.1) is 0 Å². The number of hydrogen-bond donors (Lipinski definition) is 2. The molecule has 3 N–H and O–H groups in total. The van der Waals surface area contributed by atoms with Crippen LogP contribution >= 0.6 is 50.1 Å². The third kappa shape index (κ3) is 3.61. The summed E-state index contributed by atoms with van der Waals surface area (Å²) in [6.07, 6.45) is 0. The number of anilines is 2. The van der Waals surface area contributed by atoms with Gasteiger partial charge in [0.1, 0.15) is 0 Å². The maximum absolute atomic E-state index is 12.1. The fourth-order valence-corrected chi connectivity index (χ4v) is 2.74. The van der Waals surface area contributed by atoms with E-state index in [1.54, 1.807) is 30.3 Å². The smallest absolute Gasteiger partial charge is 0.255 e. The average Bonchev–Trinajstić information content (AvgIpc) is 2.36. The summed E-state index contributed by atoms with van der Waals surface area (Å²) in [5.74, 6) is -0.233. The first-order valence-electron chi connectivity index (χ1n) is 5.29. The van der Waals surface area contributed by atoms with Crippen molar-refractivity contribution in [2.75, 3.05) is 11.1 Å². The second kappa shape index (κ2) is 6.11. The maximum atomic E-state index is 12.1. The largest absolute Gasteiger partial charge is 0.398 e. The van der Waals surface area contributed by atoms with Gasteiger partial charge < -0.3 is 11.1 Å². The van der Waals surface area contributed by atoms with Crippen LogP contribution in [0, 0.1) is 3.57 Å². The molecule has 0 saturated heterocycles. The molecule has 0 aromatic heterocycles. The Bertz CT molecular complexity index is 649. The van der Waals surface area contributed by atoms with Crippen LogP contribution in [0.25, 0.3) is 0 Å². The van der Waals surface area contributed by atoms with E-state index in [4.69, 9.17) is 17.3 Å². The molecule has 0 aliphatic rings. The lowest BCUT2D eigenvalue weighted by Gasteiger charge is -2.08. The predicted molar refractivity (Wildman–Crippen MR) is 90.7 cm³/mol. The Labute approximate surface area is 137 Å². The van der Waals surface area contributed by atoms with Gasteiger partial charge in [0, 0.05) is 19.3 Å². The molecule has 0 aliphatic carbocycles. The Morgan fingerprint density at radius 3 is 2.63 bits per heavy atom. The third-order valence-electron chi connectivity index (χ3n) is 2.44. The Morgan fingerprint density at radius 1 is 1.26 bits per heavy atom. The number of carbonyl (C=O) groups excluding carboxylic acids is 1. The minimum Gasteiger partial charge on any atom is -0.398 e. The van der Waals surface area contributed by atoms with Crippen LogP contribution in [0.1, 0.15) is 10.4 Å². The maximum Gasteiger partial charge on any atom is 0.255 e. The molecule has 0 atom stereocenters. The summed E-state index contributed by atoms with van der Waals surface area (Å²) in [4.78, 5) is 12.1. The minimum atomic E-state index is -0.233. The zero-order valence-corrected chi connectivity index (χ0v) is 14.1. The van der Waals surface area contributed by atoms with E-state index in [0.717, 1.165) is 3.57 Å². The highest BCUT2D eigenvalue weighted by atomic mass is 127. The van der Waals surface area contributed by atoms with Gasteiger partial charge >= 0.3 is 0 Å². The van der Waals surface area contributed by atoms with Gasteiger partial charge in [-0.05, 0) is 74.9 Å².